The van der Waals surface area contributed by atoms with Gasteiger partial charge in [0.05, 0.1) is 0 Å². The summed E-state index contributed by atoms with van der Waals surface area (Å²) in [5.74, 6) is 0. The van der Waals surface area contributed by atoms with Crippen LogP contribution in [0.2, 0.25) is 0 Å². The van der Waals surface area contributed by atoms with Crippen LogP contribution in [-0.2, 0) is 0 Å². The zero-order valence-corrected chi connectivity index (χ0v) is 8.13. The molecule has 1 aliphatic heterocycles. The van der Waals surface area contributed by atoms with Gasteiger partial charge in [0.2, 0.25) is 0 Å². The minimum absolute atomic E-state index is 0.0240. The predicted molar refractivity (Wildman–Crippen MR) is 38.2 cm³/mol. The molecule has 0 aromatic heterocycles. The van der Waals surface area contributed by atoms with Gasteiger partial charge in [-0.05, 0) is 0 Å². The fraction of sp³-hybridized carbons (Fsp3) is 0.143. The topological polar surface area (TPSA) is 20.2 Å². The normalized spacial score (nSPS) is 18.6. The maximum atomic E-state index is 8.74. The second-order valence-electron chi connectivity index (χ2n) is 1.79. The van der Waals surface area contributed by atoms with E-state index in [4.69, 9.17) is 16.7 Å². The van der Waals surface area contributed by atoms with Gasteiger partial charge in [0.1, 0.15) is 0 Å². The number of hydrogen-bond acceptors (Lipinski definition) is 1. The summed E-state index contributed by atoms with van der Waals surface area (Å²) in [4.78, 5) is 0. The monoisotopic (exact) mass is 269 g/mol. The molecule has 0 atom stereocenters. The molecule has 1 N–H and O–H groups in total. The number of hydrogen-bond donors (Lipinski definition) is 1. The Morgan fingerprint density at radius 3 is 3.10 bits per heavy atom. The summed E-state index contributed by atoms with van der Waals surface area (Å²) in [5, 5.41) is 9.49. The van der Waals surface area contributed by atoms with Crippen molar-refractivity contribution in [2.45, 2.75) is 0 Å². The molecule has 1 aliphatic rings. The Balaban J connectivity index is 2.79. The van der Waals surface area contributed by atoms with Crippen LogP contribution in [0.5, 0.6) is 0 Å². The van der Waals surface area contributed by atoms with Gasteiger partial charge in [-0.1, -0.05) is 0 Å². The summed E-state index contributed by atoms with van der Waals surface area (Å²) in [6, 6.07) is 0. The predicted octanol–water partition coefficient (Wildman–Crippen LogP) is -1.40. The van der Waals surface area contributed by atoms with Crippen LogP contribution in [0.3, 0.4) is 0 Å². The Morgan fingerprint density at radius 1 is 1.60 bits per heavy atom. The Morgan fingerprint density at radius 2 is 2.40 bits per heavy atom. The van der Waals surface area contributed by atoms with Gasteiger partial charge in [-0.3, -0.25) is 0 Å². The van der Waals surface area contributed by atoms with E-state index in [2.05, 4.69) is 4.08 Å². The second kappa shape index (κ2) is 4.16. The van der Waals surface area contributed by atoms with Crippen LogP contribution >= 0.6 is 11.6 Å². The minimum atomic E-state index is -0.0240. The molecule has 1 heterocycles. The maximum absolute atomic E-state index is 8.74. The van der Waals surface area contributed by atoms with Crippen molar-refractivity contribution in [3.63, 3.8) is 0 Å². The first-order valence-corrected chi connectivity index (χ1v) is 5.65. The number of aliphatic hydroxyl groups is 1. The van der Waals surface area contributed by atoms with Crippen LogP contribution in [0.4, 0.5) is 0 Å². The van der Waals surface area contributed by atoms with Gasteiger partial charge in [-0.2, -0.15) is 0 Å². The van der Waals surface area contributed by atoms with E-state index >= 15 is 0 Å². The van der Waals surface area contributed by atoms with Crippen molar-refractivity contribution in [1.29, 1.82) is 0 Å². The van der Waals surface area contributed by atoms with Crippen molar-refractivity contribution in [2.75, 3.05) is 6.61 Å². The van der Waals surface area contributed by atoms with Crippen molar-refractivity contribution in [2.24, 2.45) is 0 Å². The molecule has 0 aromatic carbocycles. The van der Waals surface area contributed by atoms with Crippen LogP contribution in [0.1, 0.15) is 0 Å². The van der Waals surface area contributed by atoms with Gasteiger partial charge in [-0.15, -0.1) is 0 Å². The summed E-state index contributed by atoms with van der Waals surface area (Å²) in [7, 11) is 0. The van der Waals surface area contributed by atoms with Crippen LogP contribution < -0.4 is 21.2 Å². The Kier molecular flexibility index (Phi) is 3.45. The molecule has 0 fully saturated rings. The van der Waals surface area contributed by atoms with E-state index in [9.17, 15) is 0 Å². The van der Waals surface area contributed by atoms with Gasteiger partial charge in [0.15, 0.2) is 0 Å². The number of rotatable bonds is 1. The standard InChI is InChI=1S/C7H7ClIO/c8-7-3-6(5-10)1-2-9-4-7/h1-4,10H,5H2/q-1. The van der Waals surface area contributed by atoms with E-state index in [0.29, 0.717) is 0 Å². The molecule has 3 heteroatoms. The average Bonchev–Trinajstić information content (AvgIpc) is 2.13. The van der Waals surface area contributed by atoms with E-state index in [1.807, 2.05) is 10.2 Å². The molecular formula is C7H7ClIO-. The molecular weight excluding hydrogens is 262 g/mol. The van der Waals surface area contributed by atoms with Gasteiger partial charge in [0, 0.05) is 0 Å². The third-order valence-corrected chi connectivity index (χ3v) is 3.41. The molecule has 0 aromatic rings. The fourth-order valence-electron chi connectivity index (χ4n) is 0.569. The fourth-order valence-corrected chi connectivity index (χ4v) is 2.43. The molecule has 0 amide bonds. The summed E-state index contributed by atoms with van der Waals surface area (Å²) in [5.41, 5.74) is 0.887. The van der Waals surface area contributed by atoms with Crippen LogP contribution in [0.25, 0.3) is 0 Å². The molecule has 1 nitrogen and oxygen atoms in total. The molecule has 0 spiro atoms. The van der Waals surface area contributed by atoms with Crippen LogP contribution in [0.15, 0.2) is 30.9 Å². The van der Waals surface area contributed by atoms with Crippen molar-refractivity contribution < 1.29 is 26.3 Å². The third kappa shape index (κ3) is 2.44. The second-order valence-corrected chi connectivity index (χ2v) is 4.29. The van der Waals surface area contributed by atoms with Gasteiger partial charge < -0.3 is 0 Å². The third-order valence-electron chi connectivity index (χ3n) is 1.02. The van der Waals surface area contributed by atoms with Crippen molar-refractivity contribution in [3.8, 4) is 0 Å². The average molecular weight is 269 g/mol. The molecule has 1 rings (SSSR count). The molecule has 0 unspecified atom stereocenters. The summed E-state index contributed by atoms with van der Waals surface area (Å²) < 4.78 is 4.09. The van der Waals surface area contributed by atoms with E-state index < -0.39 is 0 Å². The molecule has 0 bridgehead atoms. The molecule has 56 valence electrons. The van der Waals surface area contributed by atoms with E-state index in [0.717, 1.165) is 10.6 Å². The van der Waals surface area contributed by atoms with E-state index in [1.165, 1.54) is 0 Å². The van der Waals surface area contributed by atoms with Crippen molar-refractivity contribution in [3.05, 3.63) is 30.9 Å². The van der Waals surface area contributed by atoms with Crippen molar-refractivity contribution >= 4 is 11.6 Å². The van der Waals surface area contributed by atoms with E-state index in [1.54, 1.807) is 6.08 Å². The molecule has 0 radical (unpaired) electrons. The SMILES string of the molecule is OCC1=CC(Cl)=C[I-]C=C1. The van der Waals surface area contributed by atoms with Gasteiger partial charge in [-0.25, -0.2) is 0 Å². The summed E-state index contributed by atoms with van der Waals surface area (Å²) >= 11 is 5.73. The quantitative estimate of drug-likeness (QED) is 0.581. The Hall–Kier alpha value is 0.200. The van der Waals surface area contributed by atoms with Gasteiger partial charge in [0.25, 0.3) is 0 Å². The molecule has 0 saturated heterocycles. The van der Waals surface area contributed by atoms with E-state index in [-0.39, 0.29) is 27.8 Å². The molecule has 0 aliphatic carbocycles. The van der Waals surface area contributed by atoms with Gasteiger partial charge >= 0.3 is 75.4 Å². The number of halogens is 2. The first-order chi connectivity index (χ1) is 4.83. The Bertz CT molecular complexity index is 206. The van der Waals surface area contributed by atoms with Crippen LogP contribution in [-0.4, -0.2) is 11.7 Å². The number of allylic oxidation sites excluding steroid dienone is 2. The summed E-state index contributed by atoms with van der Waals surface area (Å²) in [6.45, 7) is 0.0737. The summed E-state index contributed by atoms with van der Waals surface area (Å²) in [6.07, 6.45) is 3.73. The first-order valence-electron chi connectivity index (χ1n) is 2.78. The zero-order valence-electron chi connectivity index (χ0n) is 5.22. The first kappa shape index (κ1) is 8.30. The zero-order chi connectivity index (χ0) is 7.40. The Labute approximate surface area is 75.3 Å². The molecule has 10 heavy (non-hydrogen) atoms. The van der Waals surface area contributed by atoms with Crippen molar-refractivity contribution in [1.82, 2.24) is 0 Å². The molecule has 0 saturated carbocycles. The number of aliphatic hydroxyl groups excluding tert-OH is 1. The van der Waals surface area contributed by atoms with Crippen LogP contribution in [0, 0.1) is 0 Å².